The van der Waals surface area contributed by atoms with Crippen molar-refractivity contribution in [3.63, 3.8) is 0 Å². The van der Waals surface area contributed by atoms with E-state index in [1.807, 2.05) is 12.1 Å². The van der Waals surface area contributed by atoms with E-state index in [0.717, 1.165) is 31.1 Å². The molecule has 5 nitrogen and oxygen atoms in total. The number of anilines is 2. The molecule has 3 heterocycles. The van der Waals surface area contributed by atoms with Crippen molar-refractivity contribution < 1.29 is 4.79 Å². The van der Waals surface area contributed by atoms with Gasteiger partial charge >= 0.3 is 0 Å². The largest absolute Gasteiger partial charge is 0.349 e. The zero-order chi connectivity index (χ0) is 13.4. The van der Waals surface area contributed by atoms with Gasteiger partial charge in [0.1, 0.15) is 0 Å². The molecule has 1 atom stereocenters. The van der Waals surface area contributed by atoms with E-state index in [1.54, 1.807) is 6.20 Å². The molecular formula is C14H20N4O. The Morgan fingerprint density at radius 3 is 3.05 bits per heavy atom. The maximum absolute atomic E-state index is 12.0. The summed E-state index contributed by atoms with van der Waals surface area (Å²) in [6.45, 7) is 7.30. The van der Waals surface area contributed by atoms with Crippen LogP contribution in [0.2, 0.25) is 0 Å². The third-order valence-electron chi connectivity index (χ3n) is 4.00. The second-order valence-electron chi connectivity index (χ2n) is 5.56. The van der Waals surface area contributed by atoms with E-state index >= 15 is 0 Å². The summed E-state index contributed by atoms with van der Waals surface area (Å²) < 4.78 is 0. The van der Waals surface area contributed by atoms with Crippen LogP contribution in [0.5, 0.6) is 0 Å². The first-order valence-electron chi connectivity index (χ1n) is 6.90. The Hall–Kier alpha value is -1.62. The van der Waals surface area contributed by atoms with Crippen LogP contribution in [0.4, 0.5) is 11.5 Å². The van der Waals surface area contributed by atoms with Gasteiger partial charge in [-0.15, -0.1) is 0 Å². The van der Waals surface area contributed by atoms with Crippen molar-refractivity contribution in [2.45, 2.75) is 32.4 Å². The molecule has 0 bridgehead atoms. The van der Waals surface area contributed by atoms with Gasteiger partial charge in [0.05, 0.1) is 11.7 Å². The lowest BCUT2D eigenvalue weighted by Crippen LogP contribution is -2.55. The van der Waals surface area contributed by atoms with Gasteiger partial charge in [-0.2, -0.15) is 0 Å². The molecular weight excluding hydrogens is 240 g/mol. The Labute approximate surface area is 113 Å². The zero-order valence-electron chi connectivity index (χ0n) is 11.5. The van der Waals surface area contributed by atoms with Crippen LogP contribution in [0.1, 0.15) is 20.3 Å². The number of nitrogens with one attached hydrogen (secondary N) is 1. The van der Waals surface area contributed by atoms with Gasteiger partial charge in [-0.3, -0.25) is 9.69 Å². The fourth-order valence-electron chi connectivity index (χ4n) is 2.94. The number of carbonyl (C=O) groups excluding carboxylic acids is 1. The van der Waals surface area contributed by atoms with E-state index in [2.05, 4.69) is 33.9 Å². The molecule has 1 aromatic heterocycles. The average molecular weight is 260 g/mol. The molecule has 5 heteroatoms. The normalized spacial score (nSPS) is 23.6. The molecule has 0 aliphatic carbocycles. The Morgan fingerprint density at radius 1 is 1.42 bits per heavy atom. The molecule has 0 unspecified atom stereocenters. The topological polar surface area (TPSA) is 48.5 Å². The molecule has 1 saturated heterocycles. The minimum absolute atomic E-state index is 0.0901. The molecule has 1 fully saturated rings. The van der Waals surface area contributed by atoms with E-state index in [1.165, 1.54) is 0 Å². The van der Waals surface area contributed by atoms with E-state index in [9.17, 15) is 4.79 Å². The summed E-state index contributed by atoms with van der Waals surface area (Å²) in [5.74, 6) is 1.01. The highest BCUT2D eigenvalue weighted by Gasteiger charge is 2.34. The maximum Gasteiger partial charge on any atom is 0.226 e. The maximum atomic E-state index is 12.0. The molecule has 0 spiro atoms. The molecule has 3 rings (SSSR count). The Kier molecular flexibility index (Phi) is 3.14. The minimum Gasteiger partial charge on any atom is -0.349 e. The first-order valence-corrected chi connectivity index (χ1v) is 6.90. The first kappa shape index (κ1) is 12.4. The third kappa shape index (κ3) is 2.30. The number of fused-ring (bicyclic) bond motifs is 3. The number of amides is 1. The summed E-state index contributed by atoms with van der Waals surface area (Å²) in [6, 6.07) is 4.55. The first-order chi connectivity index (χ1) is 9.15. The molecule has 1 N–H and O–H groups in total. The highest BCUT2D eigenvalue weighted by atomic mass is 16.1. The summed E-state index contributed by atoms with van der Waals surface area (Å²) >= 11 is 0. The van der Waals surface area contributed by atoms with Crippen LogP contribution in [0.25, 0.3) is 0 Å². The van der Waals surface area contributed by atoms with Gasteiger partial charge in [0, 0.05) is 38.3 Å². The lowest BCUT2D eigenvalue weighted by Gasteiger charge is -2.42. The van der Waals surface area contributed by atoms with Crippen LogP contribution in [0.3, 0.4) is 0 Å². The van der Waals surface area contributed by atoms with E-state index < -0.39 is 0 Å². The smallest absolute Gasteiger partial charge is 0.226 e. The van der Waals surface area contributed by atoms with Crippen LogP contribution in [0, 0.1) is 0 Å². The van der Waals surface area contributed by atoms with Crippen LogP contribution < -0.4 is 10.2 Å². The lowest BCUT2D eigenvalue weighted by molar-refractivity contribution is -0.116. The molecule has 2 aliphatic rings. The number of aromatic nitrogens is 1. The van der Waals surface area contributed by atoms with Crippen molar-refractivity contribution >= 4 is 17.4 Å². The third-order valence-corrected chi connectivity index (χ3v) is 4.00. The van der Waals surface area contributed by atoms with Gasteiger partial charge in [0.2, 0.25) is 5.91 Å². The van der Waals surface area contributed by atoms with Gasteiger partial charge in [0.15, 0.2) is 5.82 Å². The zero-order valence-corrected chi connectivity index (χ0v) is 11.5. The van der Waals surface area contributed by atoms with Gasteiger partial charge < -0.3 is 10.2 Å². The van der Waals surface area contributed by atoms with Crippen molar-refractivity contribution in [1.29, 1.82) is 0 Å². The lowest BCUT2D eigenvalue weighted by atomic mass is 10.1. The van der Waals surface area contributed by atoms with Crippen molar-refractivity contribution in [2.24, 2.45) is 0 Å². The van der Waals surface area contributed by atoms with Crippen LogP contribution >= 0.6 is 0 Å². The quantitative estimate of drug-likeness (QED) is 0.827. The summed E-state index contributed by atoms with van der Waals surface area (Å²) in [7, 11) is 0. The monoisotopic (exact) mass is 260 g/mol. The molecule has 0 radical (unpaired) electrons. The number of rotatable bonds is 1. The second kappa shape index (κ2) is 4.81. The number of piperazine rings is 1. The molecule has 1 aromatic rings. The molecule has 2 aliphatic heterocycles. The Bertz CT molecular complexity index is 488. The fraction of sp³-hybridized carbons (Fsp3) is 0.571. The minimum atomic E-state index is 0.0901. The predicted octanol–water partition coefficient (Wildman–Crippen LogP) is 1.32. The molecule has 19 heavy (non-hydrogen) atoms. The van der Waals surface area contributed by atoms with Crippen molar-refractivity contribution in [3.8, 4) is 0 Å². The summed E-state index contributed by atoms with van der Waals surface area (Å²) in [6.07, 6.45) is 2.34. The highest BCUT2D eigenvalue weighted by molar-refractivity contribution is 5.95. The van der Waals surface area contributed by atoms with Crippen molar-refractivity contribution in [2.75, 3.05) is 29.9 Å². The summed E-state index contributed by atoms with van der Waals surface area (Å²) in [5, 5.41) is 2.96. The Balaban J connectivity index is 1.92. The van der Waals surface area contributed by atoms with Crippen LogP contribution in [0.15, 0.2) is 18.3 Å². The molecule has 0 aromatic carbocycles. The van der Waals surface area contributed by atoms with Crippen LogP contribution in [-0.4, -0.2) is 47.5 Å². The predicted molar refractivity (Wildman–Crippen MR) is 75.3 cm³/mol. The van der Waals surface area contributed by atoms with Crippen molar-refractivity contribution in [3.05, 3.63) is 18.3 Å². The van der Waals surface area contributed by atoms with E-state index in [-0.39, 0.29) is 11.9 Å². The Morgan fingerprint density at radius 2 is 2.26 bits per heavy atom. The number of hydrogen-bond donors (Lipinski definition) is 1. The summed E-state index contributed by atoms with van der Waals surface area (Å²) in [4.78, 5) is 21.2. The fourth-order valence-corrected chi connectivity index (χ4v) is 2.94. The molecule has 0 saturated carbocycles. The molecule has 102 valence electrons. The van der Waals surface area contributed by atoms with E-state index in [4.69, 9.17) is 0 Å². The van der Waals surface area contributed by atoms with Gasteiger partial charge in [-0.25, -0.2) is 4.98 Å². The van der Waals surface area contributed by atoms with Gasteiger partial charge in [0.25, 0.3) is 0 Å². The van der Waals surface area contributed by atoms with Gasteiger partial charge in [-0.05, 0) is 26.0 Å². The number of hydrogen-bond acceptors (Lipinski definition) is 4. The standard InChI is InChI=1S/C14H20N4O/c1-10(2)17-6-7-18-11(9-17)8-13(19)16-12-4-3-5-15-14(12)18/h3-5,10-11H,6-9H2,1-2H3,(H,16,19)/t11-/m0/s1. The molecule has 1 amide bonds. The number of nitrogens with zero attached hydrogens (tertiary/aromatic N) is 3. The second-order valence-corrected chi connectivity index (χ2v) is 5.56. The highest BCUT2D eigenvalue weighted by Crippen LogP contribution is 2.31. The van der Waals surface area contributed by atoms with Crippen LogP contribution in [-0.2, 0) is 4.79 Å². The summed E-state index contributed by atoms with van der Waals surface area (Å²) in [5.41, 5.74) is 0.841. The SMILES string of the molecule is CC(C)N1CCN2c3ncccc3NC(=O)C[C@H]2C1. The van der Waals surface area contributed by atoms with Gasteiger partial charge in [-0.1, -0.05) is 0 Å². The number of carbonyl (C=O) groups is 1. The van der Waals surface area contributed by atoms with E-state index in [0.29, 0.717) is 12.5 Å². The average Bonchev–Trinajstić information content (AvgIpc) is 2.53. The number of pyridine rings is 1. The van der Waals surface area contributed by atoms with Crippen molar-refractivity contribution in [1.82, 2.24) is 9.88 Å².